The summed E-state index contributed by atoms with van der Waals surface area (Å²) in [4.78, 5) is 15.3. The Morgan fingerprint density at radius 2 is 1.86 bits per heavy atom. The lowest BCUT2D eigenvalue weighted by Crippen LogP contribution is -2.21. The van der Waals surface area contributed by atoms with Gasteiger partial charge in [0, 0.05) is 47.9 Å². The second-order valence-corrected chi connectivity index (χ2v) is 8.49. The van der Waals surface area contributed by atoms with Crippen molar-refractivity contribution in [1.29, 1.82) is 0 Å². The first-order valence-corrected chi connectivity index (χ1v) is 11.9. The summed E-state index contributed by atoms with van der Waals surface area (Å²) in [6, 6.07) is 11.2. The summed E-state index contributed by atoms with van der Waals surface area (Å²) in [6.07, 6.45) is 8.59. The van der Waals surface area contributed by atoms with Gasteiger partial charge in [0.05, 0.1) is 49.9 Å². The number of benzene rings is 2. The molecule has 1 atom stereocenters. The smallest absolute Gasteiger partial charge is 0.150 e. The quantitative estimate of drug-likeness (QED) is 0.313. The van der Waals surface area contributed by atoms with Gasteiger partial charge in [-0.05, 0) is 42.0 Å². The highest BCUT2D eigenvalue weighted by atomic mass is 19.3. The predicted octanol–water partition coefficient (Wildman–Crippen LogP) is 5.25. The monoisotopic (exact) mass is 493 g/mol. The third-order valence-electron chi connectivity index (χ3n) is 6.23. The van der Waals surface area contributed by atoms with Crippen LogP contribution >= 0.6 is 0 Å². The van der Waals surface area contributed by atoms with Crippen molar-refractivity contribution in [2.45, 2.75) is 25.5 Å². The Bertz CT molecular complexity index is 1300. The number of ether oxygens (including phenoxy) is 3. The fraction of sp³-hybridized carbons (Fsp3) is 0.346. The van der Waals surface area contributed by atoms with Gasteiger partial charge in [-0.3, -0.25) is 4.98 Å². The summed E-state index contributed by atoms with van der Waals surface area (Å²) in [7, 11) is 3.17. The summed E-state index contributed by atoms with van der Waals surface area (Å²) < 4.78 is 31.2. The van der Waals surface area contributed by atoms with E-state index in [2.05, 4.69) is 15.0 Å². The molecule has 5 rings (SSSR count). The molecule has 1 fully saturated rings. The fourth-order valence-corrected chi connectivity index (χ4v) is 4.35. The number of methoxy groups -OCH3 is 2. The van der Waals surface area contributed by atoms with Gasteiger partial charge in [0.1, 0.15) is 24.3 Å². The zero-order valence-electron chi connectivity index (χ0n) is 20.3. The van der Waals surface area contributed by atoms with Crippen LogP contribution in [0.25, 0.3) is 22.3 Å². The number of anilines is 2. The van der Waals surface area contributed by atoms with Gasteiger partial charge in [0.15, 0.2) is 0 Å². The van der Waals surface area contributed by atoms with E-state index in [1.807, 2.05) is 46.1 Å². The van der Waals surface area contributed by atoms with E-state index in [9.17, 15) is 4.53 Å². The van der Waals surface area contributed by atoms with Gasteiger partial charge >= 0.3 is 0 Å². The molecular formula is C26H28FN5O4. The molecule has 188 valence electrons. The van der Waals surface area contributed by atoms with Gasteiger partial charge in [0.25, 0.3) is 0 Å². The van der Waals surface area contributed by atoms with Crippen LogP contribution in [0.4, 0.5) is 15.9 Å². The molecule has 10 heteroatoms. The van der Waals surface area contributed by atoms with E-state index >= 15 is 0 Å². The summed E-state index contributed by atoms with van der Waals surface area (Å²) >= 11 is 0. The van der Waals surface area contributed by atoms with Crippen molar-refractivity contribution in [2.75, 3.05) is 38.9 Å². The van der Waals surface area contributed by atoms with Crippen LogP contribution in [-0.4, -0.2) is 53.7 Å². The first kappa shape index (κ1) is 24.0. The summed E-state index contributed by atoms with van der Waals surface area (Å²) in [5.41, 5.74) is 4.59. The molecule has 1 aliphatic heterocycles. The zero-order valence-corrected chi connectivity index (χ0v) is 20.3. The molecule has 0 spiro atoms. The Balaban J connectivity index is 1.49. The van der Waals surface area contributed by atoms with Gasteiger partial charge in [-0.15, -0.1) is 0 Å². The van der Waals surface area contributed by atoms with E-state index < -0.39 is 0 Å². The molecule has 0 N–H and O–H groups in total. The molecule has 36 heavy (non-hydrogen) atoms. The van der Waals surface area contributed by atoms with Crippen molar-refractivity contribution < 1.29 is 23.7 Å². The molecule has 0 saturated carbocycles. The molecular weight excluding hydrogens is 465 g/mol. The van der Waals surface area contributed by atoms with Crippen LogP contribution in [0.2, 0.25) is 0 Å². The normalized spacial score (nSPS) is 15.7. The summed E-state index contributed by atoms with van der Waals surface area (Å²) in [6.45, 7) is 0.896. The predicted molar refractivity (Wildman–Crippen MR) is 133 cm³/mol. The Morgan fingerprint density at radius 3 is 2.58 bits per heavy atom. The molecule has 0 bridgehead atoms. The maximum atomic E-state index is 12.7. The van der Waals surface area contributed by atoms with Crippen LogP contribution < -0.4 is 14.4 Å². The van der Waals surface area contributed by atoms with Gasteiger partial charge < -0.3 is 19.1 Å². The van der Waals surface area contributed by atoms with Crippen molar-refractivity contribution in [3.8, 4) is 22.8 Å². The number of aromatic nitrogens is 4. The standard InChI is InChI=1S/C26H28FN5O4/c1-33-21-11-20(12-22(14-21)34-2)31(8-10-36-27)19-6-7-23-24(13-19)30-25(16-28-23)18-15-29-32(17-18)26-5-3-4-9-35-26/h6-7,11-17,26H,3-5,8-10H2,1-2H3. The fourth-order valence-electron chi connectivity index (χ4n) is 4.35. The summed E-state index contributed by atoms with van der Waals surface area (Å²) in [5.74, 6) is 1.25. The minimum atomic E-state index is -0.119. The van der Waals surface area contributed by atoms with E-state index in [0.29, 0.717) is 22.7 Å². The van der Waals surface area contributed by atoms with Crippen LogP contribution in [0.5, 0.6) is 11.5 Å². The largest absolute Gasteiger partial charge is 0.497 e. The minimum absolute atomic E-state index is 0.0429. The SMILES string of the molecule is COc1cc(OC)cc(N(CCOF)c2ccc3ncc(-c4cnn(C5CCCCO5)c4)nc3c2)c1. The van der Waals surface area contributed by atoms with Gasteiger partial charge in [-0.25, -0.2) is 9.67 Å². The number of fused-ring (bicyclic) bond motifs is 1. The molecule has 9 nitrogen and oxygen atoms in total. The van der Waals surface area contributed by atoms with Crippen molar-refractivity contribution in [1.82, 2.24) is 19.7 Å². The highest BCUT2D eigenvalue weighted by molar-refractivity contribution is 5.82. The van der Waals surface area contributed by atoms with E-state index in [1.54, 1.807) is 32.7 Å². The third-order valence-corrected chi connectivity index (χ3v) is 6.23. The molecule has 2 aromatic heterocycles. The van der Waals surface area contributed by atoms with E-state index in [0.717, 1.165) is 48.3 Å². The first-order chi connectivity index (χ1) is 17.7. The molecule has 1 aliphatic rings. The Morgan fingerprint density at radius 1 is 1.03 bits per heavy atom. The maximum Gasteiger partial charge on any atom is 0.150 e. The zero-order chi connectivity index (χ0) is 24.9. The maximum absolute atomic E-state index is 12.7. The van der Waals surface area contributed by atoms with Gasteiger partial charge in [-0.2, -0.15) is 10.0 Å². The molecule has 0 amide bonds. The van der Waals surface area contributed by atoms with Crippen LogP contribution in [-0.2, 0) is 9.68 Å². The van der Waals surface area contributed by atoms with Crippen molar-refractivity contribution in [2.24, 2.45) is 0 Å². The Kier molecular flexibility index (Phi) is 7.24. The highest BCUT2D eigenvalue weighted by Crippen LogP contribution is 2.34. The minimum Gasteiger partial charge on any atom is -0.497 e. The average Bonchev–Trinajstić information content (AvgIpc) is 3.43. The lowest BCUT2D eigenvalue weighted by atomic mass is 10.2. The molecule has 0 radical (unpaired) electrons. The van der Waals surface area contributed by atoms with Crippen molar-refractivity contribution >= 4 is 22.4 Å². The molecule has 1 saturated heterocycles. The van der Waals surface area contributed by atoms with Gasteiger partial charge in [0.2, 0.25) is 0 Å². The second kappa shape index (κ2) is 10.9. The first-order valence-electron chi connectivity index (χ1n) is 11.9. The average molecular weight is 494 g/mol. The third kappa shape index (κ3) is 5.09. The second-order valence-electron chi connectivity index (χ2n) is 8.49. The molecule has 4 aromatic rings. The number of hydrogen-bond donors (Lipinski definition) is 0. The van der Waals surface area contributed by atoms with Crippen LogP contribution in [0.15, 0.2) is 55.0 Å². The lowest BCUT2D eigenvalue weighted by molar-refractivity contribution is -0.128. The molecule has 3 heterocycles. The Labute approximate surface area is 208 Å². The number of hydrogen-bond acceptors (Lipinski definition) is 8. The highest BCUT2D eigenvalue weighted by Gasteiger charge is 2.18. The number of rotatable bonds is 9. The van der Waals surface area contributed by atoms with E-state index in [4.69, 9.17) is 19.2 Å². The van der Waals surface area contributed by atoms with Crippen molar-refractivity contribution in [3.05, 3.63) is 55.0 Å². The van der Waals surface area contributed by atoms with Crippen LogP contribution in [0.1, 0.15) is 25.5 Å². The van der Waals surface area contributed by atoms with E-state index in [1.165, 1.54) is 0 Å². The molecule has 1 unspecified atom stereocenters. The number of halogens is 1. The lowest BCUT2D eigenvalue weighted by Gasteiger charge is -2.25. The van der Waals surface area contributed by atoms with E-state index in [-0.39, 0.29) is 19.4 Å². The van der Waals surface area contributed by atoms with Crippen LogP contribution in [0.3, 0.4) is 0 Å². The van der Waals surface area contributed by atoms with Crippen LogP contribution in [0, 0.1) is 0 Å². The molecule has 0 aliphatic carbocycles. The van der Waals surface area contributed by atoms with Gasteiger partial charge in [-0.1, -0.05) is 0 Å². The summed E-state index contributed by atoms with van der Waals surface area (Å²) in [5, 5.41) is 4.49. The topological polar surface area (TPSA) is 83.8 Å². The molecule has 2 aromatic carbocycles. The number of nitrogens with zero attached hydrogens (tertiary/aromatic N) is 5. The van der Waals surface area contributed by atoms with Crippen molar-refractivity contribution in [3.63, 3.8) is 0 Å². The Hall–Kier alpha value is -3.76.